The van der Waals surface area contributed by atoms with E-state index >= 15 is 0 Å². The van der Waals surface area contributed by atoms with E-state index in [-0.39, 0.29) is 21.8 Å². The Morgan fingerprint density at radius 3 is 2.52 bits per heavy atom. The van der Waals surface area contributed by atoms with Crippen LogP contribution in [0.3, 0.4) is 0 Å². The molecule has 0 unspecified atom stereocenters. The van der Waals surface area contributed by atoms with Crippen molar-refractivity contribution in [1.29, 1.82) is 0 Å². The average molecular weight is 335 g/mol. The van der Waals surface area contributed by atoms with E-state index in [0.29, 0.717) is 13.0 Å². The Morgan fingerprint density at radius 1 is 1.13 bits per heavy atom. The number of hydrogen-bond donors (Lipinski definition) is 2. The maximum absolute atomic E-state index is 12.0. The van der Waals surface area contributed by atoms with Gasteiger partial charge in [0.25, 0.3) is 17.4 Å². The number of hydrazine groups is 1. The molecule has 0 aliphatic rings. The fourth-order valence-corrected chi connectivity index (χ4v) is 2.05. The van der Waals surface area contributed by atoms with Gasteiger partial charge in [-0.05, 0) is 24.6 Å². The molecule has 7 nitrogen and oxygen atoms in total. The van der Waals surface area contributed by atoms with Gasteiger partial charge >= 0.3 is 0 Å². The summed E-state index contributed by atoms with van der Waals surface area (Å²) in [6.45, 7) is 2.30. The van der Waals surface area contributed by atoms with Crippen LogP contribution >= 0.6 is 11.6 Å². The molecule has 0 saturated carbocycles. The van der Waals surface area contributed by atoms with Crippen molar-refractivity contribution in [3.8, 4) is 0 Å². The SMILES string of the molecule is CCCn1nc(C(=O)NNC(=O)c2ccccc2Cl)ccc1=O. The van der Waals surface area contributed by atoms with Crippen LogP contribution in [-0.2, 0) is 6.54 Å². The monoisotopic (exact) mass is 334 g/mol. The lowest BCUT2D eigenvalue weighted by molar-refractivity contribution is 0.0842. The molecule has 1 aromatic heterocycles. The Balaban J connectivity index is 2.05. The van der Waals surface area contributed by atoms with Crippen molar-refractivity contribution in [2.45, 2.75) is 19.9 Å². The lowest BCUT2D eigenvalue weighted by Gasteiger charge is -2.09. The highest BCUT2D eigenvalue weighted by molar-refractivity contribution is 6.33. The van der Waals surface area contributed by atoms with E-state index in [2.05, 4.69) is 16.0 Å². The first-order chi connectivity index (χ1) is 11.0. The Kier molecular flexibility index (Phi) is 5.48. The second-order valence-corrected chi connectivity index (χ2v) is 5.08. The van der Waals surface area contributed by atoms with Crippen LogP contribution in [0.4, 0.5) is 0 Å². The summed E-state index contributed by atoms with van der Waals surface area (Å²) in [7, 11) is 0. The number of carbonyl (C=O) groups is 2. The Morgan fingerprint density at radius 2 is 1.83 bits per heavy atom. The van der Waals surface area contributed by atoms with Crippen molar-refractivity contribution in [2.24, 2.45) is 0 Å². The molecule has 1 heterocycles. The number of hydrogen-bond acceptors (Lipinski definition) is 4. The van der Waals surface area contributed by atoms with Gasteiger partial charge in [0.2, 0.25) is 0 Å². The third-order valence-electron chi connectivity index (χ3n) is 2.94. The van der Waals surface area contributed by atoms with Crippen molar-refractivity contribution < 1.29 is 9.59 Å². The number of benzene rings is 1. The standard InChI is InChI=1S/C15H15ClN4O3/c1-2-9-20-13(21)8-7-12(19-20)15(23)18-17-14(22)10-5-3-4-6-11(10)16/h3-8H,2,9H2,1H3,(H,17,22)(H,18,23). The summed E-state index contributed by atoms with van der Waals surface area (Å²) in [5, 5.41) is 4.22. The number of aryl methyl sites for hydroxylation is 1. The molecular weight excluding hydrogens is 320 g/mol. The average Bonchev–Trinajstić information content (AvgIpc) is 2.55. The molecule has 0 spiro atoms. The molecule has 23 heavy (non-hydrogen) atoms. The largest absolute Gasteiger partial charge is 0.290 e. The van der Waals surface area contributed by atoms with Crippen LogP contribution in [0.15, 0.2) is 41.2 Å². The van der Waals surface area contributed by atoms with Crippen molar-refractivity contribution in [3.63, 3.8) is 0 Å². The van der Waals surface area contributed by atoms with Gasteiger partial charge in [-0.15, -0.1) is 0 Å². The molecule has 0 atom stereocenters. The quantitative estimate of drug-likeness (QED) is 0.826. The summed E-state index contributed by atoms with van der Waals surface area (Å²) in [6, 6.07) is 9.01. The molecule has 2 rings (SSSR count). The van der Waals surface area contributed by atoms with Gasteiger partial charge in [-0.25, -0.2) is 4.68 Å². The molecule has 2 N–H and O–H groups in total. The molecular formula is C15H15ClN4O3. The van der Waals surface area contributed by atoms with Crippen LogP contribution in [0, 0.1) is 0 Å². The van der Waals surface area contributed by atoms with Crippen LogP contribution in [0.1, 0.15) is 34.2 Å². The number of rotatable bonds is 4. The molecule has 2 aromatic rings. The predicted octanol–water partition coefficient (Wildman–Crippen LogP) is 1.38. The molecule has 0 bridgehead atoms. The minimum absolute atomic E-state index is 0.0255. The van der Waals surface area contributed by atoms with Crippen LogP contribution < -0.4 is 16.4 Å². The van der Waals surface area contributed by atoms with E-state index in [9.17, 15) is 14.4 Å². The van der Waals surface area contributed by atoms with Crippen LogP contribution in [-0.4, -0.2) is 21.6 Å². The van der Waals surface area contributed by atoms with E-state index in [1.54, 1.807) is 18.2 Å². The molecule has 120 valence electrons. The highest BCUT2D eigenvalue weighted by Crippen LogP contribution is 2.14. The molecule has 0 saturated heterocycles. The fraction of sp³-hybridized carbons (Fsp3) is 0.200. The van der Waals surface area contributed by atoms with Crippen LogP contribution in [0.2, 0.25) is 5.02 Å². The highest BCUT2D eigenvalue weighted by Gasteiger charge is 2.13. The number of halogens is 1. The summed E-state index contributed by atoms with van der Waals surface area (Å²) < 4.78 is 1.20. The zero-order valence-electron chi connectivity index (χ0n) is 12.4. The van der Waals surface area contributed by atoms with Crippen molar-refractivity contribution in [1.82, 2.24) is 20.6 Å². The molecule has 0 fully saturated rings. The van der Waals surface area contributed by atoms with Gasteiger partial charge in [0, 0.05) is 12.6 Å². The van der Waals surface area contributed by atoms with E-state index in [1.807, 2.05) is 6.92 Å². The Hall–Kier alpha value is -2.67. The first-order valence-electron chi connectivity index (χ1n) is 6.96. The lowest BCUT2D eigenvalue weighted by atomic mass is 10.2. The molecule has 0 aliphatic heterocycles. The van der Waals surface area contributed by atoms with Gasteiger partial charge in [-0.3, -0.25) is 25.2 Å². The summed E-state index contributed by atoms with van der Waals surface area (Å²) in [5.74, 6) is -1.18. The van der Waals surface area contributed by atoms with Gasteiger partial charge in [0.05, 0.1) is 10.6 Å². The van der Waals surface area contributed by atoms with Gasteiger partial charge in [-0.1, -0.05) is 30.7 Å². The maximum Gasteiger partial charge on any atom is 0.290 e. The lowest BCUT2D eigenvalue weighted by Crippen LogP contribution is -2.42. The highest BCUT2D eigenvalue weighted by atomic mass is 35.5. The summed E-state index contributed by atoms with van der Waals surface area (Å²) in [5.41, 5.74) is 4.46. The number of nitrogens with zero attached hydrogens (tertiary/aromatic N) is 2. The fourth-order valence-electron chi connectivity index (χ4n) is 1.83. The Bertz CT molecular complexity index is 788. The van der Waals surface area contributed by atoms with Crippen molar-refractivity contribution >= 4 is 23.4 Å². The summed E-state index contributed by atoms with van der Waals surface area (Å²) in [6.07, 6.45) is 0.710. The molecule has 1 aromatic carbocycles. The minimum atomic E-state index is -0.629. The number of carbonyl (C=O) groups excluding carboxylic acids is 2. The smallest absolute Gasteiger partial charge is 0.268 e. The second-order valence-electron chi connectivity index (χ2n) is 4.67. The molecule has 2 amide bonds. The molecule has 0 aliphatic carbocycles. The van der Waals surface area contributed by atoms with E-state index < -0.39 is 11.8 Å². The van der Waals surface area contributed by atoms with Crippen LogP contribution in [0.25, 0.3) is 0 Å². The second kappa shape index (κ2) is 7.55. The van der Waals surface area contributed by atoms with Crippen molar-refractivity contribution in [3.05, 3.63) is 63.0 Å². The van der Waals surface area contributed by atoms with Gasteiger partial charge in [0.1, 0.15) is 0 Å². The van der Waals surface area contributed by atoms with E-state index in [1.165, 1.54) is 22.9 Å². The maximum atomic E-state index is 12.0. The normalized spacial score (nSPS) is 10.2. The minimum Gasteiger partial charge on any atom is -0.268 e. The number of amides is 2. The van der Waals surface area contributed by atoms with Crippen LogP contribution in [0.5, 0.6) is 0 Å². The molecule has 0 radical (unpaired) electrons. The summed E-state index contributed by atoms with van der Waals surface area (Å²) >= 11 is 5.90. The van der Waals surface area contributed by atoms with Crippen molar-refractivity contribution in [2.75, 3.05) is 0 Å². The third-order valence-corrected chi connectivity index (χ3v) is 3.27. The first-order valence-corrected chi connectivity index (χ1v) is 7.34. The first kappa shape index (κ1) is 16.7. The Labute approximate surface area is 137 Å². The zero-order chi connectivity index (χ0) is 16.8. The third kappa shape index (κ3) is 4.17. The van der Waals surface area contributed by atoms with Gasteiger partial charge < -0.3 is 0 Å². The topological polar surface area (TPSA) is 93.1 Å². The predicted molar refractivity (Wildman–Crippen MR) is 85.2 cm³/mol. The van der Waals surface area contributed by atoms with Gasteiger partial charge in [0.15, 0.2) is 5.69 Å². The summed E-state index contributed by atoms with van der Waals surface area (Å²) in [4.78, 5) is 35.5. The molecule has 8 heteroatoms. The number of aromatic nitrogens is 2. The van der Waals surface area contributed by atoms with E-state index in [0.717, 1.165) is 0 Å². The zero-order valence-corrected chi connectivity index (χ0v) is 13.1. The van der Waals surface area contributed by atoms with E-state index in [4.69, 9.17) is 11.6 Å². The number of nitrogens with one attached hydrogen (secondary N) is 2. The van der Waals surface area contributed by atoms with Gasteiger partial charge in [-0.2, -0.15) is 5.10 Å².